The van der Waals surface area contributed by atoms with Gasteiger partial charge >= 0.3 is 0 Å². The van der Waals surface area contributed by atoms with E-state index in [1.807, 2.05) is 38.1 Å². The fourth-order valence-electron chi connectivity index (χ4n) is 2.55. The summed E-state index contributed by atoms with van der Waals surface area (Å²) < 4.78 is 19.9. The van der Waals surface area contributed by atoms with E-state index in [1.165, 1.54) is 36.4 Å². The summed E-state index contributed by atoms with van der Waals surface area (Å²) in [6.07, 6.45) is -0.373. The first-order chi connectivity index (χ1) is 13.5. The van der Waals surface area contributed by atoms with Gasteiger partial charge in [0.1, 0.15) is 5.82 Å². The van der Waals surface area contributed by atoms with Crippen molar-refractivity contribution in [1.29, 1.82) is 0 Å². The van der Waals surface area contributed by atoms with E-state index in [2.05, 4.69) is 10.4 Å². The highest BCUT2D eigenvalue weighted by Crippen LogP contribution is 2.14. The summed E-state index contributed by atoms with van der Waals surface area (Å²) in [6, 6.07) is 15.5. The molecule has 7 heteroatoms. The standard InChI is InChI=1S/C21H20FN3O3/c1-3-18(21(27)23-16-8-4-14(2)5-9-16)28-19-12-13-20(26)25(24-19)17-10-6-15(22)7-11-17/h4-13,18H,3H2,1-2H3,(H,23,27). The summed E-state index contributed by atoms with van der Waals surface area (Å²) in [5.74, 6) is -0.606. The van der Waals surface area contributed by atoms with Gasteiger partial charge < -0.3 is 10.1 Å². The second-order valence-corrected chi connectivity index (χ2v) is 6.27. The van der Waals surface area contributed by atoms with Crippen molar-refractivity contribution in [3.63, 3.8) is 0 Å². The number of carbonyl (C=O) groups is 1. The molecule has 2 aromatic carbocycles. The topological polar surface area (TPSA) is 73.2 Å². The number of nitrogens with one attached hydrogen (secondary N) is 1. The minimum Gasteiger partial charge on any atom is -0.463 e. The number of anilines is 1. The molecule has 0 spiro atoms. The lowest BCUT2D eigenvalue weighted by atomic mass is 10.2. The highest BCUT2D eigenvalue weighted by Gasteiger charge is 2.19. The molecular weight excluding hydrogens is 361 g/mol. The summed E-state index contributed by atoms with van der Waals surface area (Å²) in [7, 11) is 0. The summed E-state index contributed by atoms with van der Waals surface area (Å²) in [4.78, 5) is 24.6. The number of hydrogen-bond acceptors (Lipinski definition) is 4. The lowest BCUT2D eigenvalue weighted by Crippen LogP contribution is -2.33. The Kier molecular flexibility index (Phi) is 5.84. The van der Waals surface area contributed by atoms with Gasteiger partial charge in [0.25, 0.3) is 11.5 Å². The summed E-state index contributed by atoms with van der Waals surface area (Å²) in [5.41, 5.74) is 1.76. The van der Waals surface area contributed by atoms with Gasteiger partial charge in [-0.05, 0) is 49.7 Å². The van der Waals surface area contributed by atoms with E-state index in [-0.39, 0.29) is 11.8 Å². The molecule has 1 atom stereocenters. The van der Waals surface area contributed by atoms with Crippen LogP contribution in [0.4, 0.5) is 10.1 Å². The molecule has 1 amide bonds. The minimum absolute atomic E-state index is 0.120. The highest BCUT2D eigenvalue weighted by atomic mass is 19.1. The maximum Gasteiger partial charge on any atom is 0.271 e. The molecule has 1 N–H and O–H groups in total. The van der Waals surface area contributed by atoms with Crippen LogP contribution in [0.2, 0.25) is 0 Å². The number of aryl methyl sites for hydroxylation is 1. The SMILES string of the molecule is CCC(Oc1ccc(=O)n(-c2ccc(F)cc2)n1)C(=O)Nc1ccc(C)cc1. The second-order valence-electron chi connectivity index (χ2n) is 6.27. The molecule has 3 aromatic rings. The molecule has 0 saturated carbocycles. The van der Waals surface area contributed by atoms with E-state index in [0.29, 0.717) is 17.8 Å². The van der Waals surface area contributed by atoms with E-state index >= 15 is 0 Å². The first-order valence-electron chi connectivity index (χ1n) is 8.87. The number of rotatable bonds is 6. The first-order valence-corrected chi connectivity index (χ1v) is 8.87. The zero-order valence-electron chi connectivity index (χ0n) is 15.6. The van der Waals surface area contributed by atoms with Crippen LogP contribution in [0.1, 0.15) is 18.9 Å². The Hall–Kier alpha value is -3.48. The Morgan fingerprint density at radius 1 is 1.11 bits per heavy atom. The number of halogens is 1. The van der Waals surface area contributed by atoms with Crippen LogP contribution >= 0.6 is 0 Å². The van der Waals surface area contributed by atoms with Gasteiger partial charge in [-0.25, -0.2) is 4.39 Å². The molecule has 0 aliphatic heterocycles. The van der Waals surface area contributed by atoms with Gasteiger partial charge in [-0.1, -0.05) is 24.6 Å². The maximum absolute atomic E-state index is 13.1. The first kappa shape index (κ1) is 19.3. The molecule has 6 nitrogen and oxygen atoms in total. The summed E-state index contributed by atoms with van der Waals surface area (Å²) in [6.45, 7) is 3.78. The Labute approximate surface area is 161 Å². The average Bonchev–Trinajstić information content (AvgIpc) is 2.69. The van der Waals surface area contributed by atoms with Crippen molar-refractivity contribution in [3.05, 3.63) is 82.4 Å². The number of amides is 1. The van der Waals surface area contributed by atoms with Gasteiger partial charge in [0.05, 0.1) is 5.69 Å². The van der Waals surface area contributed by atoms with Crippen LogP contribution in [0, 0.1) is 12.7 Å². The highest BCUT2D eigenvalue weighted by molar-refractivity contribution is 5.94. The van der Waals surface area contributed by atoms with Crippen LogP contribution in [0.15, 0.2) is 65.5 Å². The molecule has 1 unspecified atom stereocenters. The van der Waals surface area contributed by atoms with Gasteiger partial charge in [0.2, 0.25) is 5.88 Å². The minimum atomic E-state index is -0.784. The van der Waals surface area contributed by atoms with Crippen LogP contribution in [-0.4, -0.2) is 21.8 Å². The predicted octanol–water partition coefficient (Wildman–Crippen LogP) is 3.48. The molecule has 0 fully saturated rings. The van der Waals surface area contributed by atoms with Gasteiger partial charge in [-0.15, -0.1) is 5.10 Å². The molecule has 1 aromatic heterocycles. The number of carbonyl (C=O) groups excluding carboxylic acids is 1. The number of ether oxygens (including phenoxy) is 1. The third-order valence-corrected chi connectivity index (χ3v) is 4.09. The molecule has 144 valence electrons. The number of nitrogens with zero attached hydrogens (tertiary/aromatic N) is 2. The van der Waals surface area contributed by atoms with Crippen LogP contribution < -0.4 is 15.6 Å². The average molecular weight is 381 g/mol. The number of hydrogen-bond donors (Lipinski definition) is 1. The van der Waals surface area contributed by atoms with E-state index < -0.39 is 17.5 Å². The third-order valence-electron chi connectivity index (χ3n) is 4.09. The lowest BCUT2D eigenvalue weighted by Gasteiger charge is -2.17. The van der Waals surface area contributed by atoms with Gasteiger partial charge in [0, 0.05) is 17.8 Å². The quantitative estimate of drug-likeness (QED) is 0.710. The van der Waals surface area contributed by atoms with E-state index in [1.54, 1.807) is 0 Å². The maximum atomic E-state index is 13.1. The number of benzene rings is 2. The van der Waals surface area contributed by atoms with Crippen LogP contribution in [0.5, 0.6) is 5.88 Å². The molecule has 0 saturated heterocycles. The third kappa shape index (κ3) is 4.62. The Morgan fingerprint density at radius 3 is 2.43 bits per heavy atom. The fourth-order valence-corrected chi connectivity index (χ4v) is 2.55. The molecule has 0 radical (unpaired) electrons. The Morgan fingerprint density at radius 2 is 1.79 bits per heavy atom. The summed E-state index contributed by atoms with van der Waals surface area (Å²) >= 11 is 0. The molecule has 0 aliphatic carbocycles. The van der Waals surface area contributed by atoms with Crippen molar-refractivity contribution >= 4 is 11.6 Å². The second kappa shape index (κ2) is 8.47. The van der Waals surface area contributed by atoms with Crippen molar-refractivity contribution in [2.75, 3.05) is 5.32 Å². The molecule has 1 heterocycles. The summed E-state index contributed by atoms with van der Waals surface area (Å²) in [5, 5.41) is 6.94. The zero-order valence-corrected chi connectivity index (χ0v) is 15.6. The zero-order chi connectivity index (χ0) is 20.1. The predicted molar refractivity (Wildman–Crippen MR) is 104 cm³/mol. The Bertz CT molecular complexity index is 1010. The van der Waals surface area contributed by atoms with Gasteiger partial charge in [-0.3, -0.25) is 9.59 Å². The fraction of sp³-hybridized carbons (Fsp3) is 0.190. The normalized spacial score (nSPS) is 11.7. The van der Waals surface area contributed by atoms with E-state index in [4.69, 9.17) is 4.74 Å². The molecule has 28 heavy (non-hydrogen) atoms. The molecule has 3 rings (SSSR count). The van der Waals surface area contributed by atoms with E-state index in [9.17, 15) is 14.0 Å². The molecule has 0 bridgehead atoms. The smallest absolute Gasteiger partial charge is 0.271 e. The van der Waals surface area contributed by atoms with E-state index in [0.717, 1.165) is 10.2 Å². The van der Waals surface area contributed by atoms with Crippen molar-refractivity contribution < 1.29 is 13.9 Å². The Balaban J connectivity index is 1.78. The largest absolute Gasteiger partial charge is 0.463 e. The monoisotopic (exact) mass is 381 g/mol. The van der Waals surface area contributed by atoms with Crippen molar-refractivity contribution in [2.24, 2.45) is 0 Å². The molecule has 0 aliphatic rings. The lowest BCUT2D eigenvalue weighted by molar-refractivity contribution is -0.123. The number of aromatic nitrogens is 2. The van der Waals surface area contributed by atoms with Gasteiger partial charge in [0.15, 0.2) is 6.10 Å². The van der Waals surface area contributed by atoms with Crippen LogP contribution in [0.25, 0.3) is 5.69 Å². The van der Waals surface area contributed by atoms with Crippen molar-refractivity contribution in [3.8, 4) is 11.6 Å². The van der Waals surface area contributed by atoms with Crippen molar-refractivity contribution in [2.45, 2.75) is 26.4 Å². The molecular formula is C21H20FN3O3. The van der Waals surface area contributed by atoms with Crippen LogP contribution in [0.3, 0.4) is 0 Å². The van der Waals surface area contributed by atoms with Crippen molar-refractivity contribution in [1.82, 2.24) is 9.78 Å². The van der Waals surface area contributed by atoms with Gasteiger partial charge in [-0.2, -0.15) is 4.68 Å². The van der Waals surface area contributed by atoms with Crippen LogP contribution in [-0.2, 0) is 4.79 Å².